The highest BCUT2D eigenvalue weighted by atomic mass is 15.2. The van der Waals surface area contributed by atoms with Gasteiger partial charge in [-0.25, -0.2) is 0 Å². The quantitative estimate of drug-likeness (QED) is 0.180. The molecule has 0 bridgehead atoms. The van der Waals surface area contributed by atoms with Crippen LogP contribution in [0.25, 0.3) is 44.9 Å². The molecule has 0 amide bonds. The van der Waals surface area contributed by atoms with E-state index >= 15 is 0 Å². The molecule has 0 spiro atoms. The van der Waals surface area contributed by atoms with Gasteiger partial charge in [0.05, 0.1) is 11.6 Å². The van der Waals surface area contributed by atoms with E-state index in [-0.39, 0.29) is 17.4 Å². The first-order chi connectivity index (χ1) is 26.0. The van der Waals surface area contributed by atoms with Crippen molar-refractivity contribution >= 4 is 45.2 Å². The van der Waals surface area contributed by atoms with Gasteiger partial charge in [-0.05, 0) is 112 Å². The Morgan fingerprint density at radius 3 is 2.40 bits per heavy atom. The number of hydrogen-bond donors (Lipinski definition) is 0. The summed E-state index contributed by atoms with van der Waals surface area (Å²) in [7, 11) is 0. The van der Waals surface area contributed by atoms with Gasteiger partial charge < -0.3 is 9.47 Å². The Labute approximate surface area is 312 Å². The normalized spacial score (nSPS) is 20.3. The summed E-state index contributed by atoms with van der Waals surface area (Å²) in [6.45, 7) is 4.72. The summed E-state index contributed by atoms with van der Waals surface area (Å²) in [6.07, 6.45) is 21.1. The van der Waals surface area contributed by atoms with Crippen molar-refractivity contribution in [3.8, 4) is 11.1 Å². The predicted octanol–water partition coefficient (Wildman–Crippen LogP) is 12.9. The molecule has 2 nitrogen and oxygen atoms in total. The Balaban J connectivity index is 0.967. The van der Waals surface area contributed by atoms with E-state index in [1.165, 1.54) is 89.3 Å². The molecule has 6 aromatic rings. The summed E-state index contributed by atoms with van der Waals surface area (Å²) in [5.41, 5.74) is 20.5. The zero-order valence-electron chi connectivity index (χ0n) is 30.4. The van der Waals surface area contributed by atoms with E-state index in [9.17, 15) is 0 Å². The van der Waals surface area contributed by atoms with Gasteiger partial charge in [0, 0.05) is 45.0 Å². The highest BCUT2D eigenvalue weighted by molar-refractivity contribution is 5.98. The van der Waals surface area contributed by atoms with E-state index in [0.29, 0.717) is 0 Å². The standard InChI is InChI=1S/C51H42N2/c1-51(2)45-17-9-6-14-39(45)42-32-38(26-27-46(42)51)53-48-19-11-8-16-41(48)44-31-36(23-29-50(44)53)35-22-28-49-43(30-35)40-15-7-10-18-47(40)52(49)37-24-20-34(21-25-37)33-12-4-3-5-13-33/h3-9,11-17,19-20,22-24,26-32,44,50H,10,18,21,25H2,1-2H3. The first kappa shape index (κ1) is 30.7. The molecule has 2 heteroatoms. The number of para-hydroxylation sites is 1. The van der Waals surface area contributed by atoms with Crippen molar-refractivity contribution in [1.29, 1.82) is 0 Å². The van der Waals surface area contributed by atoms with Crippen LogP contribution in [0.1, 0.15) is 78.1 Å². The average molecular weight is 683 g/mol. The van der Waals surface area contributed by atoms with Crippen molar-refractivity contribution in [2.75, 3.05) is 4.90 Å². The Hall–Kier alpha value is -5.86. The second-order valence-corrected chi connectivity index (χ2v) is 15.9. The van der Waals surface area contributed by atoms with Crippen LogP contribution in [0.5, 0.6) is 0 Å². The fourth-order valence-electron chi connectivity index (χ4n) is 10.1. The van der Waals surface area contributed by atoms with Crippen LogP contribution in [0.15, 0.2) is 152 Å². The van der Waals surface area contributed by atoms with E-state index in [1.807, 2.05) is 0 Å². The molecular formula is C51H42N2. The lowest BCUT2D eigenvalue weighted by molar-refractivity contribution is 0.660. The zero-order chi connectivity index (χ0) is 35.3. The van der Waals surface area contributed by atoms with Gasteiger partial charge in [-0.1, -0.05) is 135 Å². The molecule has 11 rings (SSSR count). The summed E-state index contributed by atoms with van der Waals surface area (Å²) >= 11 is 0. The number of benzene rings is 5. The molecule has 1 aliphatic heterocycles. The second-order valence-electron chi connectivity index (χ2n) is 15.9. The van der Waals surface area contributed by atoms with Gasteiger partial charge in [-0.3, -0.25) is 0 Å². The molecule has 0 saturated carbocycles. The van der Waals surface area contributed by atoms with Gasteiger partial charge in [-0.2, -0.15) is 0 Å². The maximum Gasteiger partial charge on any atom is 0.0630 e. The third-order valence-corrected chi connectivity index (χ3v) is 12.7. The summed E-state index contributed by atoms with van der Waals surface area (Å²) < 4.78 is 2.58. The molecule has 2 atom stereocenters. The molecule has 1 aromatic heterocycles. The van der Waals surface area contributed by atoms with Crippen molar-refractivity contribution in [2.24, 2.45) is 0 Å². The van der Waals surface area contributed by atoms with Gasteiger partial charge in [0.1, 0.15) is 0 Å². The lowest BCUT2D eigenvalue weighted by atomic mass is 9.82. The number of rotatable bonds is 4. The molecule has 5 aromatic carbocycles. The molecule has 2 unspecified atom stereocenters. The van der Waals surface area contributed by atoms with E-state index in [4.69, 9.17) is 0 Å². The fraction of sp³-hybridized carbons (Fsp3) is 0.176. The summed E-state index contributed by atoms with van der Waals surface area (Å²) in [5.74, 6) is 0.273. The monoisotopic (exact) mass is 682 g/mol. The van der Waals surface area contributed by atoms with Gasteiger partial charge in [0.25, 0.3) is 0 Å². The predicted molar refractivity (Wildman–Crippen MR) is 223 cm³/mol. The van der Waals surface area contributed by atoms with Crippen molar-refractivity contribution < 1.29 is 0 Å². The van der Waals surface area contributed by atoms with E-state index in [0.717, 1.165) is 25.7 Å². The van der Waals surface area contributed by atoms with Gasteiger partial charge in [0.15, 0.2) is 0 Å². The van der Waals surface area contributed by atoms with Crippen LogP contribution < -0.4 is 4.90 Å². The molecule has 5 aliphatic rings. The smallest absolute Gasteiger partial charge is 0.0630 e. The number of hydrogen-bond acceptors (Lipinski definition) is 1. The van der Waals surface area contributed by atoms with Crippen LogP contribution in [0, 0.1) is 0 Å². The fourth-order valence-corrected chi connectivity index (χ4v) is 10.1. The first-order valence-corrected chi connectivity index (χ1v) is 19.4. The molecule has 2 heterocycles. The lowest BCUT2D eigenvalue weighted by Gasteiger charge is -2.30. The minimum absolute atomic E-state index is 0.00566. The Morgan fingerprint density at radius 1 is 0.679 bits per heavy atom. The number of anilines is 2. The topological polar surface area (TPSA) is 8.17 Å². The molecule has 53 heavy (non-hydrogen) atoms. The van der Waals surface area contributed by atoms with E-state index in [1.54, 1.807) is 0 Å². The molecule has 0 fully saturated rings. The zero-order valence-corrected chi connectivity index (χ0v) is 30.4. The van der Waals surface area contributed by atoms with Crippen molar-refractivity contribution in [3.63, 3.8) is 0 Å². The Bertz CT molecular complexity index is 2650. The van der Waals surface area contributed by atoms with Gasteiger partial charge in [-0.15, -0.1) is 0 Å². The Morgan fingerprint density at radius 2 is 1.51 bits per heavy atom. The van der Waals surface area contributed by atoms with Crippen LogP contribution in [0.3, 0.4) is 0 Å². The largest absolute Gasteiger partial charge is 0.333 e. The van der Waals surface area contributed by atoms with Crippen molar-refractivity contribution in [2.45, 2.75) is 56.9 Å². The van der Waals surface area contributed by atoms with Crippen LogP contribution in [0.4, 0.5) is 11.4 Å². The highest BCUT2D eigenvalue weighted by Crippen LogP contribution is 2.53. The highest BCUT2D eigenvalue weighted by Gasteiger charge is 2.40. The third-order valence-electron chi connectivity index (χ3n) is 12.7. The second kappa shape index (κ2) is 11.6. The first-order valence-electron chi connectivity index (χ1n) is 19.4. The van der Waals surface area contributed by atoms with E-state index < -0.39 is 0 Å². The number of aromatic nitrogens is 1. The number of allylic oxidation sites excluding steroid dienone is 7. The summed E-state index contributed by atoms with van der Waals surface area (Å²) in [4.78, 5) is 2.58. The van der Waals surface area contributed by atoms with Gasteiger partial charge in [0.2, 0.25) is 0 Å². The maximum absolute atomic E-state index is 2.58. The molecule has 0 saturated heterocycles. The lowest BCUT2D eigenvalue weighted by Crippen LogP contribution is -2.29. The van der Waals surface area contributed by atoms with Crippen LogP contribution in [-0.2, 0) is 11.8 Å². The summed E-state index contributed by atoms with van der Waals surface area (Å²) in [6, 6.07) is 43.5. The number of nitrogens with zero attached hydrogens (tertiary/aromatic N) is 2. The number of fused-ring (bicyclic) bond motifs is 9. The van der Waals surface area contributed by atoms with Gasteiger partial charge >= 0.3 is 0 Å². The molecule has 0 N–H and O–H groups in total. The average Bonchev–Trinajstić information content (AvgIpc) is 3.81. The molecule has 0 radical (unpaired) electrons. The van der Waals surface area contributed by atoms with Crippen LogP contribution in [-0.4, -0.2) is 10.6 Å². The van der Waals surface area contributed by atoms with Crippen molar-refractivity contribution in [1.82, 2.24) is 4.57 Å². The molecular weight excluding hydrogens is 641 g/mol. The SMILES string of the molecule is CC1(C)c2ccccc2-c2cc(N3c4ccccc4C4C=C(c5ccc6c(c5)c5c(n6C6=CC=C(c7ccccc7)CC6)CCC=C5)C=CC43)ccc21. The Kier molecular flexibility index (Phi) is 6.71. The minimum atomic E-state index is 0.00566. The van der Waals surface area contributed by atoms with Crippen LogP contribution in [0.2, 0.25) is 0 Å². The van der Waals surface area contributed by atoms with Crippen LogP contribution >= 0.6 is 0 Å². The summed E-state index contributed by atoms with van der Waals surface area (Å²) in [5, 5.41) is 1.36. The maximum atomic E-state index is 2.58. The van der Waals surface area contributed by atoms with E-state index in [2.05, 4.69) is 181 Å². The van der Waals surface area contributed by atoms with Crippen molar-refractivity contribution in [3.05, 3.63) is 191 Å². The minimum Gasteiger partial charge on any atom is -0.333 e. The third kappa shape index (κ3) is 4.58. The molecule has 4 aliphatic carbocycles. The molecule has 256 valence electrons.